The minimum atomic E-state index is -1.97. The van der Waals surface area contributed by atoms with Gasteiger partial charge in [-0.05, 0) is 44.8 Å². The van der Waals surface area contributed by atoms with Crippen molar-refractivity contribution in [3.8, 4) is 0 Å². The monoisotopic (exact) mass is 578 g/mol. The Morgan fingerprint density at radius 2 is 1.88 bits per heavy atom. The van der Waals surface area contributed by atoms with Crippen molar-refractivity contribution in [2.24, 2.45) is 5.92 Å². The van der Waals surface area contributed by atoms with E-state index in [0.717, 1.165) is 0 Å². The third kappa shape index (κ3) is 7.56. The summed E-state index contributed by atoms with van der Waals surface area (Å²) < 4.78 is 19.5. The highest BCUT2D eigenvalue weighted by atomic mass is 28.4. The number of carbonyl (C=O) groups excluding carboxylic acids is 2. The molecule has 224 valence electrons. The molecule has 0 bridgehead atoms. The van der Waals surface area contributed by atoms with Crippen LogP contribution in [0.4, 0.5) is 10.6 Å². The molecule has 2 amide bonds. The second-order valence-electron chi connectivity index (χ2n) is 13.1. The number of rotatable bonds is 9. The summed E-state index contributed by atoms with van der Waals surface area (Å²) in [5.41, 5.74) is 0.0443. The third-order valence-electron chi connectivity index (χ3n) is 7.64. The SMILES string of the molecule is CC[C@H](C)[C@H](NC(=O)OC(C)(C)C)C(=O)Nc1ncnc2c1ncn2[C@@H]1O[C@H](CO[Si](C)(C)C(C)(C)C)C[C@H]1O. The van der Waals surface area contributed by atoms with Gasteiger partial charge in [-0.25, -0.2) is 19.7 Å². The molecule has 3 rings (SSSR count). The second kappa shape index (κ2) is 12.1. The summed E-state index contributed by atoms with van der Waals surface area (Å²) >= 11 is 0. The van der Waals surface area contributed by atoms with E-state index in [2.05, 4.69) is 59.5 Å². The van der Waals surface area contributed by atoms with Gasteiger partial charge < -0.3 is 29.6 Å². The van der Waals surface area contributed by atoms with Crippen LogP contribution in [0.15, 0.2) is 12.7 Å². The van der Waals surface area contributed by atoms with Gasteiger partial charge in [0.1, 0.15) is 24.1 Å². The van der Waals surface area contributed by atoms with Gasteiger partial charge in [-0.1, -0.05) is 41.0 Å². The summed E-state index contributed by atoms with van der Waals surface area (Å²) in [5.74, 6) is -0.428. The molecule has 1 fully saturated rings. The van der Waals surface area contributed by atoms with E-state index in [1.54, 1.807) is 25.3 Å². The van der Waals surface area contributed by atoms with Crippen molar-refractivity contribution in [3.05, 3.63) is 12.7 Å². The molecular formula is C27H46N6O6Si. The minimum Gasteiger partial charge on any atom is -0.444 e. The first-order chi connectivity index (χ1) is 18.4. The molecule has 12 nitrogen and oxygen atoms in total. The Balaban J connectivity index is 1.76. The zero-order chi connectivity index (χ0) is 30.0. The number of aromatic nitrogens is 4. The van der Waals surface area contributed by atoms with E-state index in [1.165, 1.54) is 12.7 Å². The fourth-order valence-corrected chi connectivity index (χ4v) is 5.10. The topological polar surface area (TPSA) is 150 Å². The number of ether oxygens (including phenoxy) is 2. The van der Waals surface area contributed by atoms with Crippen LogP contribution in [0.1, 0.15) is 74.5 Å². The van der Waals surface area contributed by atoms with Gasteiger partial charge in [-0.15, -0.1) is 0 Å². The van der Waals surface area contributed by atoms with Crippen LogP contribution in [0.25, 0.3) is 11.2 Å². The summed E-state index contributed by atoms with van der Waals surface area (Å²) in [5, 5.41) is 16.4. The lowest BCUT2D eigenvalue weighted by Gasteiger charge is -2.36. The maximum absolute atomic E-state index is 13.3. The highest BCUT2D eigenvalue weighted by Gasteiger charge is 2.41. The molecule has 2 aromatic heterocycles. The molecule has 3 heterocycles. The Morgan fingerprint density at radius 1 is 1.20 bits per heavy atom. The van der Waals surface area contributed by atoms with E-state index in [-0.39, 0.29) is 22.9 Å². The molecule has 3 N–H and O–H groups in total. The number of nitrogens with one attached hydrogen (secondary N) is 2. The number of aliphatic hydroxyl groups is 1. The van der Waals surface area contributed by atoms with E-state index in [4.69, 9.17) is 13.9 Å². The lowest BCUT2D eigenvalue weighted by atomic mass is 9.98. The van der Waals surface area contributed by atoms with Gasteiger partial charge in [0.05, 0.1) is 19.0 Å². The molecule has 13 heteroatoms. The van der Waals surface area contributed by atoms with Crippen molar-refractivity contribution in [3.63, 3.8) is 0 Å². The van der Waals surface area contributed by atoms with Crippen molar-refractivity contribution >= 4 is 37.3 Å². The lowest BCUT2D eigenvalue weighted by molar-refractivity contribution is -0.119. The molecule has 0 unspecified atom stereocenters. The largest absolute Gasteiger partial charge is 0.444 e. The molecule has 1 aliphatic heterocycles. The van der Waals surface area contributed by atoms with Crippen LogP contribution in [0.5, 0.6) is 0 Å². The van der Waals surface area contributed by atoms with E-state index in [1.807, 2.05) is 13.8 Å². The average molecular weight is 579 g/mol. The summed E-state index contributed by atoms with van der Waals surface area (Å²) in [6.45, 7) is 20.4. The number of fused-ring (bicyclic) bond motifs is 1. The molecule has 1 aliphatic rings. The number of hydrogen-bond donors (Lipinski definition) is 3. The molecular weight excluding hydrogens is 532 g/mol. The van der Waals surface area contributed by atoms with Crippen molar-refractivity contribution in [1.29, 1.82) is 0 Å². The Hall–Kier alpha value is -2.61. The Bertz CT molecular complexity index is 1190. The van der Waals surface area contributed by atoms with Gasteiger partial charge in [0.2, 0.25) is 5.91 Å². The molecule has 0 aromatic carbocycles. The summed E-state index contributed by atoms with van der Waals surface area (Å²) in [6.07, 6.45) is 1.45. The first-order valence-corrected chi connectivity index (χ1v) is 16.8. The minimum absolute atomic E-state index is 0.0677. The predicted molar refractivity (Wildman–Crippen MR) is 154 cm³/mol. The lowest BCUT2D eigenvalue weighted by Crippen LogP contribution is -2.49. The highest BCUT2D eigenvalue weighted by molar-refractivity contribution is 6.74. The molecule has 0 aliphatic carbocycles. The zero-order valence-corrected chi connectivity index (χ0v) is 26.4. The van der Waals surface area contributed by atoms with E-state index >= 15 is 0 Å². The molecule has 40 heavy (non-hydrogen) atoms. The van der Waals surface area contributed by atoms with Crippen molar-refractivity contribution in [2.75, 3.05) is 11.9 Å². The number of nitrogens with zero attached hydrogens (tertiary/aromatic N) is 4. The van der Waals surface area contributed by atoms with Crippen LogP contribution in [-0.4, -0.2) is 75.4 Å². The summed E-state index contributed by atoms with van der Waals surface area (Å²) in [6, 6.07) is -0.853. The number of aliphatic hydroxyl groups excluding tert-OH is 1. The summed E-state index contributed by atoms with van der Waals surface area (Å²) in [7, 11) is -1.97. The van der Waals surface area contributed by atoms with E-state index < -0.39 is 44.3 Å². The molecule has 2 aromatic rings. The first kappa shape index (κ1) is 31.9. The van der Waals surface area contributed by atoms with E-state index in [9.17, 15) is 14.7 Å². The van der Waals surface area contributed by atoms with Crippen molar-refractivity contribution in [2.45, 2.75) is 116 Å². The van der Waals surface area contributed by atoms with Crippen LogP contribution >= 0.6 is 0 Å². The average Bonchev–Trinajstić information content (AvgIpc) is 3.42. The van der Waals surface area contributed by atoms with Crippen LogP contribution in [0, 0.1) is 5.92 Å². The summed E-state index contributed by atoms with van der Waals surface area (Å²) in [4.78, 5) is 38.7. The van der Waals surface area contributed by atoms with Gasteiger partial charge in [-0.2, -0.15) is 0 Å². The molecule has 0 spiro atoms. The van der Waals surface area contributed by atoms with Gasteiger partial charge >= 0.3 is 6.09 Å². The molecule has 0 saturated carbocycles. The fraction of sp³-hybridized carbons (Fsp3) is 0.741. The maximum Gasteiger partial charge on any atom is 0.408 e. The second-order valence-corrected chi connectivity index (χ2v) is 17.9. The van der Waals surface area contributed by atoms with Gasteiger partial charge in [0.15, 0.2) is 31.5 Å². The highest BCUT2D eigenvalue weighted by Crippen LogP contribution is 2.38. The van der Waals surface area contributed by atoms with Gasteiger partial charge in [-0.3, -0.25) is 9.36 Å². The van der Waals surface area contributed by atoms with Gasteiger partial charge in [0, 0.05) is 6.42 Å². The number of hydrogen-bond acceptors (Lipinski definition) is 9. The van der Waals surface area contributed by atoms with Crippen molar-refractivity contribution in [1.82, 2.24) is 24.8 Å². The zero-order valence-electron chi connectivity index (χ0n) is 25.4. The number of anilines is 1. The molecule has 0 radical (unpaired) electrons. The van der Waals surface area contributed by atoms with Crippen LogP contribution in [0.2, 0.25) is 18.1 Å². The smallest absolute Gasteiger partial charge is 0.408 e. The maximum atomic E-state index is 13.3. The Kier molecular flexibility index (Phi) is 9.65. The van der Waals surface area contributed by atoms with Crippen molar-refractivity contribution < 1.29 is 28.6 Å². The first-order valence-electron chi connectivity index (χ1n) is 13.9. The third-order valence-corrected chi connectivity index (χ3v) is 12.1. The normalized spacial score (nSPS) is 21.7. The number of alkyl carbamates (subject to hydrolysis) is 1. The van der Waals surface area contributed by atoms with E-state index in [0.29, 0.717) is 30.6 Å². The quantitative estimate of drug-likeness (QED) is 0.369. The van der Waals surface area contributed by atoms with Crippen LogP contribution < -0.4 is 10.6 Å². The van der Waals surface area contributed by atoms with Crippen LogP contribution in [0.3, 0.4) is 0 Å². The number of imidazole rings is 1. The predicted octanol–water partition coefficient (Wildman–Crippen LogP) is 4.37. The Labute approximate surface area is 237 Å². The number of amides is 2. The molecule has 1 saturated heterocycles. The van der Waals surface area contributed by atoms with Crippen LogP contribution in [-0.2, 0) is 18.7 Å². The Morgan fingerprint density at radius 3 is 2.48 bits per heavy atom. The number of carbonyl (C=O) groups is 2. The standard InChI is InChI=1S/C27H46N6O6Si/c1-11-16(2)19(31-25(36)39-26(3,4)5)23(35)32-21-20-22(29-14-28-21)33(15-30-20)24-18(34)12-17(38-24)13-37-40(9,10)27(6,7)8/h14-19,24,34H,11-13H2,1-10H3,(H,31,36)(H,28,29,32,35)/t16-,17-,18+,19-,24+/m0/s1. The fourth-order valence-electron chi connectivity index (χ4n) is 4.07. The molecule has 5 atom stereocenters. The van der Waals surface area contributed by atoms with Gasteiger partial charge in [0.25, 0.3) is 0 Å².